The van der Waals surface area contributed by atoms with E-state index in [1.54, 1.807) is 35.9 Å². The molecule has 1 aromatic carbocycles. The molecule has 16 heteroatoms. The Morgan fingerprint density at radius 3 is 2.38 bits per heavy atom. The molecule has 6 heterocycles. The average Bonchev–Trinajstić information content (AvgIpc) is 3.78. The van der Waals surface area contributed by atoms with Gasteiger partial charge in [-0.15, -0.1) is 0 Å². The predicted molar refractivity (Wildman–Crippen MR) is 204 cm³/mol. The zero-order valence-electron chi connectivity index (χ0n) is 30.8. The Bertz CT molecular complexity index is 2290. The molecule has 8 rings (SSSR count). The molecule has 4 aliphatic rings. The number of carbonyl (C=O) groups is 5. The van der Waals surface area contributed by atoms with Crippen molar-refractivity contribution in [3.63, 3.8) is 0 Å². The molecule has 1 atom stereocenters. The second kappa shape index (κ2) is 14.7. The third kappa shape index (κ3) is 6.81. The monoisotopic (exact) mass is 746 g/mol. The number of carbonyl (C=O) groups excluding carboxylic acids is 5. The molecule has 2 saturated heterocycles. The number of hydrogen-bond acceptors (Lipinski definition) is 13. The van der Waals surface area contributed by atoms with E-state index in [9.17, 15) is 28.8 Å². The van der Waals surface area contributed by atoms with Gasteiger partial charge in [-0.25, -0.2) is 9.97 Å². The first-order chi connectivity index (χ1) is 26.6. The van der Waals surface area contributed by atoms with E-state index in [0.717, 1.165) is 69.0 Å². The molecule has 55 heavy (non-hydrogen) atoms. The molecule has 3 aliphatic heterocycles. The number of rotatable bonds is 10. The minimum absolute atomic E-state index is 0.00283. The van der Waals surface area contributed by atoms with E-state index >= 15 is 0 Å². The maximum absolute atomic E-state index is 13.5. The molecule has 16 nitrogen and oxygen atoms in total. The van der Waals surface area contributed by atoms with Crippen LogP contribution in [0.3, 0.4) is 0 Å². The number of benzene rings is 1. The number of Topliss-reactive ketones (excluding diaryl/α,β-unsaturated/α-hetero) is 1. The number of piperazine rings is 1. The van der Waals surface area contributed by atoms with E-state index in [0.29, 0.717) is 40.6 Å². The minimum Gasteiger partial charge on any atom is -0.384 e. The Morgan fingerprint density at radius 1 is 0.909 bits per heavy atom. The van der Waals surface area contributed by atoms with Crippen LogP contribution in [0.1, 0.15) is 88.1 Å². The van der Waals surface area contributed by atoms with E-state index in [4.69, 9.17) is 4.98 Å². The van der Waals surface area contributed by atoms with Crippen molar-refractivity contribution in [2.75, 3.05) is 54.8 Å². The highest BCUT2D eigenvalue weighted by molar-refractivity contribution is 6.23. The first kappa shape index (κ1) is 36.0. The highest BCUT2D eigenvalue weighted by Crippen LogP contribution is 2.33. The zero-order chi connectivity index (χ0) is 38.4. The summed E-state index contributed by atoms with van der Waals surface area (Å²) in [5, 5.41) is 9.45. The summed E-state index contributed by atoms with van der Waals surface area (Å²) >= 11 is 0. The van der Waals surface area contributed by atoms with Crippen molar-refractivity contribution in [2.24, 2.45) is 0 Å². The van der Waals surface area contributed by atoms with Crippen LogP contribution in [-0.4, -0.2) is 104 Å². The molecule has 0 bridgehead atoms. The summed E-state index contributed by atoms with van der Waals surface area (Å²) < 4.78 is 1.70. The maximum atomic E-state index is 13.5. The average molecular weight is 747 g/mol. The number of aromatic nitrogens is 4. The molecule has 0 radical (unpaired) electrons. The first-order valence-corrected chi connectivity index (χ1v) is 18.8. The van der Waals surface area contributed by atoms with Gasteiger partial charge >= 0.3 is 0 Å². The smallest absolute Gasteiger partial charge is 0.263 e. The number of pyridine rings is 2. The Morgan fingerprint density at radius 2 is 1.67 bits per heavy atom. The summed E-state index contributed by atoms with van der Waals surface area (Å²) in [4.78, 5) is 95.6. The van der Waals surface area contributed by atoms with Gasteiger partial charge in [-0.3, -0.25) is 48.5 Å². The number of nitrogens with zero attached hydrogens (tertiary/aromatic N) is 7. The lowest BCUT2D eigenvalue weighted by Crippen LogP contribution is -2.54. The van der Waals surface area contributed by atoms with Crippen molar-refractivity contribution in [3.8, 4) is 0 Å². The third-order valence-electron chi connectivity index (χ3n) is 11.2. The van der Waals surface area contributed by atoms with Gasteiger partial charge in [0.25, 0.3) is 17.4 Å². The molecule has 3 fully saturated rings. The SMILES string of the molecule is CC(=O)c1c(C)c2cnc(Nc3ccc(N4CCN(CCNc5ccc6c(c5)C(=O)N(C5CCC(=O)NC5=O)C6=O)CC4)cn3)nc2n(C2CCCC2)c1=O. The van der Waals surface area contributed by atoms with Gasteiger partial charge in [0.15, 0.2) is 5.78 Å². The minimum atomic E-state index is -0.992. The normalized spacial score (nSPS) is 19.3. The summed E-state index contributed by atoms with van der Waals surface area (Å²) in [7, 11) is 0. The Kier molecular flexibility index (Phi) is 9.59. The molecule has 4 aromatic rings. The summed E-state index contributed by atoms with van der Waals surface area (Å²) in [5.74, 6) is -1.44. The van der Waals surface area contributed by atoms with Crippen molar-refractivity contribution < 1.29 is 24.0 Å². The topological polar surface area (TPSA) is 192 Å². The van der Waals surface area contributed by atoms with Crippen molar-refractivity contribution in [3.05, 3.63) is 75.3 Å². The van der Waals surface area contributed by atoms with Gasteiger partial charge in [-0.1, -0.05) is 12.8 Å². The number of fused-ring (bicyclic) bond motifs is 2. The molecule has 4 amide bonds. The summed E-state index contributed by atoms with van der Waals surface area (Å²) in [6.45, 7) is 7.93. The van der Waals surface area contributed by atoms with Crippen LogP contribution in [0.5, 0.6) is 0 Å². The Labute approximate surface area is 316 Å². The molecular formula is C39H42N10O6. The number of anilines is 4. The maximum Gasteiger partial charge on any atom is 0.263 e. The molecule has 3 aromatic heterocycles. The summed E-state index contributed by atoms with van der Waals surface area (Å²) in [6, 6.07) is 7.91. The highest BCUT2D eigenvalue weighted by Gasteiger charge is 2.44. The number of nitrogens with one attached hydrogen (secondary N) is 3. The van der Waals surface area contributed by atoms with Gasteiger partial charge < -0.3 is 15.5 Å². The van der Waals surface area contributed by atoms with E-state index in [1.807, 2.05) is 18.3 Å². The molecule has 1 aliphatic carbocycles. The van der Waals surface area contributed by atoms with Crippen LogP contribution in [0.15, 0.2) is 47.5 Å². The van der Waals surface area contributed by atoms with Crippen LogP contribution in [0.4, 0.5) is 23.1 Å². The number of hydrogen-bond donors (Lipinski definition) is 3. The number of imide groups is 2. The number of amides is 4. The number of aryl methyl sites for hydroxylation is 1. The molecule has 3 N–H and O–H groups in total. The van der Waals surface area contributed by atoms with Crippen LogP contribution in [-0.2, 0) is 9.59 Å². The number of piperidine rings is 1. The predicted octanol–water partition coefficient (Wildman–Crippen LogP) is 3.19. The zero-order valence-corrected chi connectivity index (χ0v) is 30.8. The van der Waals surface area contributed by atoms with Crippen molar-refractivity contribution in [1.82, 2.24) is 34.6 Å². The fraction of sp³-hybridized carbons (Fsp3) is 0.410. The lowest BCUT2D eigenvalue weighted by atomic mass is 10.0. The second-order valence-electron chi connectivity index (χ2n) is 14.6. The largest absolute Gasteiger partial charge is 0.384 e. The standard InChI is InChI=1S/C39H42N10O6/c1-22-29-21-42-39(45-34(29)48(25-5-3-4-6-25)38(55)33(22)23(2)50)43-31-11-8-26(20-41-31)47-17-15-46(16-18-47)14-13-40-24-7-9-27-28(19-24)37(54)49(36(27)53)30-10-12-32(51)44-35(30)52/h7-9,11,19-21,25,30,40H,3-6,10,12-18H2,1-2H3,(H,44,51,52)(H,41,42,43,45). The highest BCUT2D eigenvalue weighted by atomic mass is 16.2. The van der Waals surface area contributed by atoms with Crippen molar-refractivity contribution >= 4 is 63.6 Å². The van der Waals surface area contributed by atoms with Gasteiger partial charge in [-0.2, -0.15) is 4.98 Å². The van der Waals surface area contributed by atoms with Crippen LogP contribution >= 0.6 is 0 Å². The molecule has 0 spiro atoms. The lowest BCUT2D eigenvalue weighted by Gasteiger charge is -2.36. The van der Waals surface area contributed by atoms with E-state index < -0.39 is 29.7 Å². The van der Waals surface area contributed by atoms with Crippen LogP contribution < -0.4 is 26.4 Å². The molecular weight excluding hydrogens is 704 g/mol. The molecule has 284 valence electrons. The van der Waals surface area contributed by atoms with E-state index in [-0.39, 0.29) is 46.9 Å². The fourth-order valence-corrected chi connectivity index (χ4v) is 8.24. The van der Waals surface area contributed by atoms with Crippen LogP contribution in [0, 0.1) is 6.92 Å². The van der Waals surface area contributed by atoms with Gasteiger partial charge in [0.2, 0.25) is 17.8 Å². The summed E-state index contributed by atoms with van der Waals surface area (Å²) in [6.07, 6.45) is 7.49. The lowest BCUT2D eigenvalue weighted by molar-refractivity contribution is -0.136. The molecule has 1 unspecified atom stereocenters. The van der Waals surface area contributed by atoms with Crippen molar-refractivity contribution in [1.29, 1.82) is 0 Å². The van der Waals surface area contributed by atoms with Gasteiger partial charge in [0, 0.05) is 69.0 Å². The van der Waals surface area contributed by atoms with E-state index in [2.05, 4.69) is 35.7 Å². The third-order valence-corrected chi connectivity index (χ3v) is 11.2. The second-order valence-corrected chi connectivity index (χ2v) is 14.6. The number of ketones is 1. The quantitative estimate of drug-likeness (QED) is 0.159. The first-order valence-electron chi connectivity index (χ1n) is 18.8. The molecule has 1 saturated carbocycles. The Balaban J connectivity index is 0.851. The fourth-order valence-electron chi connectivity index (χ4n) is 8.24. The Hall–Kier alpha value is -6.03. The van der Waals surface area contributed by atoms with Gasteiger partial charge in [-0.05, 0) is 69.0 Å². The van der Waals surface area contributed by atoms with E-state index in [1.165, 1.54) is 6.92 Å². The van der Waals surface area contributed by atoms with Gasteiger partial charge in [0.1, 0.15) is 17.5 Å². The van der Waals surface area contributed by atoms with Crippen LogP contribution in [0.25, 0.3) is 11.0 Å². The van der Waals surface area contributed by atoms with Crippen molar-refractivity contribution in [2.45, 2.75) is 64.5 Å². The van der Waals surface area contributed by atoms with Gasteiger partial charge in [0.05, 0.1) is 28.6 Å². The summed E-state index contributed by atoms with van der Waals surface area (Å²) in [5.41, 5.74) is 3.25. The van der Waals surface area contributed by atoms with Crippen LogP contribution in [0.2, 0.25) is 0 Å².